The lowest BCUT2D eigenvalue weighted by molar-refractivity contribution is -0.0978. The molecule has 1 aromatic rings. The Kier molecular flexibility index (Phi) is 6.47. The lowest BCUT2D eigenvalue weighted by Crippen LogP contribution is -2.66. The van der Waals surface area contributed by atoms with Gasteiger partial charge in [0.05, 0.1) is 0 Å². The molecule has 5 fully saturated rings. The summed E-state index contributed by atoms with van der Waals surface area (Å²) in [5, 5.41) is 7.07. The van der Waals surface area contributed by atoms with Crippen LogP contribution in [0.1, 0.15) is 82.3 Å². The fraction of sp³-hybridized carbons (Fsp3) is 0.885. The highest BCUT2D eigenvalue weighted by molar-refractivity contribution is 5.75. The first-order chi connectivity index (χ1) is 17.3. The van der Waals surface area contributed by atoms with Crippen LogP contribution >= 0.6 is 0 Å². The summed E-state index contributed by atoms with van der Waals surface area (Å²) in [5.41, 5.74) is 0. The number of hydrogen-bond donors (Lipinski definition) is 1. The maximum atomic E-state index is 15.2. The second-order valence-electron chi connectivity index (χ2n) is 12.1. The molecule has 1 N–H and O–H groups in total. The summed E-state index contributed by atoms with van der Waals surface area (Å²) < 4.78 is 35.9. The molecule has 0 unspecified atom stereocenters. The van der Waals surface area contributed by atoms with Crippen molar-refractivity contribution in [3.05, 3.63) is 11.7 Å². The number of nitrogens with zero attached hydrogens (tertiary/aromatic N) is 5. The van der Waals surface area contributed by atoms with Crippen LogP contribution in [0.3, 0.4) is 0 Å². The van der Waals surface area contributed by atoms with Crippen LogP contribution in [0.4, 0.5) is 13.6 Å². The first-order valence-corrected chi connectivity index (χ1v) is 14.0. The predicted octanol–water partition coefficient (Wildman–Crippen LogP) is 3.66. The zero-order chi connectivity index (χ0) is 25.0. The maximum absolute atomic E-state index is 15.2. The molecule has 0 radical (unpaired) electrons. The maximum Gasteiger partial charge on any atom is 0.317 e. The Morgan fingerprint density at radius 2 is 1.89 bits per heavy atom. The summed E-state index contributed by atoms with van der Waals surface area (Å²) in [6.45, 7) is 8.86. The summed E-state index contributed by atoms with van der Waals surface area (Å²) in [4.78, 5) is 24.3. The molecule has 10 heteroatoms. The van der Waals surface area contributed by atoms with Crippen LogP contribution in [0.5, 0.6) is 0 Å². The Morgan fingerprint density at radius 3 is 2.61 bits per heavy atom. The molecule has 2 amide bonds. The molecule has 36 heavy (non-hydrogen) atoms. The van der Waals surface area contributed by atoms with E-state index in [0.29, 0.717) is 43.8 Å². The number of nitrogens with one attached hydrogen (secondary N) is 1. The number of halogens is 2. The number of carbonyl (C=O) groups is 1. The summed E-state index contributed by atoms with van der Waals surface area (Å²) in [6.07, 6.45) is 5.21. The Bertz CT molecular complexity index is 945. The van der Waals surface area contributed by atoms with Crippen molar-refractivity contribution in [2.24, 2.45) is 11.8 Å². The van der Waals surface area contributed by atoms with Crippen molar-refractivity contribution in [3.8, 4) is 0 Å². The number of piperidine rings is 1. The van der Waals surface area contributed by atoms with E-state index in [1.807, 2.05) is 0 Å². The number of fused-ring (bicyclic) bond motifs is 1. The van der Waals surface area contributed by atoms with Crippen LogP contribution in [0.25, 0.3) is 0 Å². The summed E-state index contributed by atoms with van der Waals surface area (Å²) in [6, 6.07) is -1.34. The standard InChI is InChI=1S/C26H40F2N6O2/c1-16(2)32-10-12-33(13-11-32)21-4-3-8-26(27,28)22(21)29-25(35)34-9-7-18-14-19(20(18)15-34)23-30-24(36-31-23)17-5-6-17/h16-22H,3-15H2,1-2H3,(H,29,35)/t18-,19-,20-,21+,22-/m1/s1. The van der Waals surface area contributed by atoms with Crippen molar-refractivity contribution in [3.63, 3.8) is 0 Å². The van der Waals surface area contributed by atoms with E-state index in [0.717, 1.165) is 63.6 Å². The number of urea groups is 1. The first kappa shape index (κ1) is 24.5. The summed E-state index contributed by atoms with van der Waals surface area (Å²) in [7, 11) is 0. The number of amides is 2. The average molecular weight is 507 g/mol. The molecule has 1 aromatic heterocycles. The van der Waals surface area contributed by atoms with Crippen molar-refractivity contribution in [2.75, 3.05) is 39.3 Å². The van der Waals surface area contributed by atoms with Crippen molar-refractivity contribution < 1.29 is 18.1 Å². The molecule has 2 aliphatic heterocycles. The molecule has 3 aliphatic carbocycles. The minimum absolute atomic E-state index is 0.158. The molecular weight excluding hydrogens is 466 g/mol. The molecule has 0 aromatic carbocycles. The highest BCUT2D eigenvalue weighted by Gasteiger charge is 2.52. The highest BCUT2D eigenvalue weighted by Crippen LogP contribution is 2.51. The second-order valence-corrected chi connectivity index (χ2v) is 12.1. The molecule has 0 spiro atoms. The van der Waals surface area contributed by atoms with Gasteiger partial charge in [-0.25, -0.2) is 13.6 Å². The zero-order valence-corrected chi connectivity index (χ0v) is 21.5. The minimum Gasteiger partial charge on any atom is -0.339 e. The number of piperazine rings is 1. The Hall–Kier alpha value is -1.81. The number of carbonyl (C=O) groups excluding carboxylic acids is 1. The fourth-order valence-corrected chi connectivity index (χ4v) is 7.01. The summed E-state index contributed by atoms with van der Waals surface area (Å²) >= 11 is 0. The van der Waals surface area contributed by atoms with Crippen molar-refractivity contribution >= 4 is 6.03 Å². The van der Waals surface area contributed by atoms with E-state index in [4.69, 9.17) is 4.52 Å². The van der Waals surface area contributed by atoms with Gasteiger partial charge in [0.2, 0.25) is 5.89 Å². The van der Waals surface area contributed by atoms with Crippen molar-refractivity contribution in [2.45, 2.75) is 94.7 Å². The lowest BCUT2D eigenvalue weighted by atomic mass is 9.61. The van der Waals surface area contributed by atoms with Crippen LogP contribution in [0.15, 0.2) is 4.52 Å². The van der Waals surface area contributed by atoms with E-state index in [1.165, 1.54) is 0 Å². The molecule has 0 bridgehead atoms. The molecule has 8 nitrogen and oxygen atoms in total. The topological polar surface area (TPSA) is 77.7 Å². The Balaban J connectivity index is 1.10. The van der Waals surface area contributed by atoms with Crippen LogP contribution in [0.2, 0.25) is 0 Å². The van der Waals surface area contributed by atoms with E-state index >= 15 is 8.78 Å². The van der Waals surface area contributed by atoms with Gasteiger partial charge in [0.15, 0.2) is 5.82 Å². The second kappa shape index (κ2) is 9.49. The molecule has 5 atom stereocenters. The number of aromatic nitrogens is 2. The van der Waals surface area contributed by atoms with Gasteiger partial charge in [-0.2, -0.15) is 4.98 Å². The molecule has 200 valence electrons. The first-order valence-electron chi connectivity index (χ1n) is 14.0. The number of rotatable bonds is 5. The third-order valence-electron chi connectivity index (χ3n) is 9.56. The van der Waals surface area contributed by atoms with Crippen molar-refractivity contribution in [1.29, 1.82) is 0 Å². The van der Waals surface area contributed by atoms with Gasteiger partial charge in [0, 0.05) is 69.6 Å². The number of hydrogen-bond acceptors (Lipinski definition) is 6. The smallest absolute Gasteiger partial charge is 0.317 e. The average Bonchev–Trinajstić information content (AvgIpc) is 3.59. The SMILES string of the molecule is CC(C)N1CCN([C@H]2CCCC(F)(F)[C@@H]2NC(=O)N2CC[C@@H]3C[C@@H](c4noc(C5CC5)n4)[C@@H]3C2)CC1. The van der Waals surface area contributed by atoms with E-state index < -0.39 is 12.0 Å². The Morgan fingerprint density at radius 1 is 1.11 bits per heavy atom. The molecule has 2 saturated heterocycles. The monoisotopic (exact) mass is 506 g/mol. The number of likely N-dealkylation sites (tertiary alicyclic amines) is 1. The normalized spacial score (nSPS) is 35.4. The molecule has 3 saturated carbocycles. The van der Waals surface area contributed by atoms with Gasteiger partial charge in [0.1, 0.15) is 6.04 Å². The van der Waals surface area contributed by atoms with Gasteiger partial charge in [-0.15, -0.1) is 0 Å². The molecular formula is C26H40F2N6O2. The van der Waals surface area contributed by atoms with Gasteiger partial charge >= 0.3 is 6.03 Å². The highest BCUT2D eigenvalue weighted by atomic mass is 19.3. The van der Waals surface area contributed by atoms with Gasteiger partial charge in [0.25, 0.3) is 5.92 Å². The van der Waals surface area contributed by atoms with E-state index in [9.17, 15) is 4.79 Å². The molecule has 6 rings (SSSR count). The third-order valence-corrected chi connectivity index (χ3v) is 9.56. The fourth-order valence-electron chi connectivity index (χ4n) is 7.01. The zero-order valence-electron chi connectivity index (χ0n) is 21.5. The Labute approximate surface area is 212 Å². The molecule has 5 aliphatic rings. The van der Waals surface area contributed by atoms with E-state index in [1.54, 1.807) is 4.90 Å². The van der Waals surface area contributed by atoms with Gasteiger partial charge < -0.3 is 14.7 Å². The van der Waals surface area contributed by atoms with Crippen LogP contribution in [0, 0.1) is 11.8 Å². The van der Waals surface area contributed by atoms with Crippen LogP contribution in [-0.4, -0.2) is 94.2 Å². The lowest BCUT2D eigenvalue weighted by Gasteiger charge is -2.51. The third kappa shape index (κ3) is 4.64. The largest absolute Gasteiger partial charge is 0.339 e. The van der Waals surface area contributed by atoms with E-state index in [2.05, 4.69) is 39.1 Å². The molecule has 3 heterocycles. The van der Waals surface area contributed by atoms with Gasteiger partial charge in [-0.05, 0) is 64.2 Å². The van der Waals surface area contributed by atoms with E-state index in [-0.39, 0.29) is 30.3 Å². The summed E-state index contributed by atoms with van der Waals surface area (Å²) in [5.74, 6) is 0.0641. The minimum atomic E-state index is -2.89. The van der Waals surface area contributed by atoms with Crippen molar-refractivity contribution in [1.82, 2.24) is 30.2 Å². The van der Waals surface area contributed by atoms with Gasteiger partial charge in [-0.1, -0.05) is 5.16 Å². The van der Waals surface area contributed by atoms with Crippen LogP contribution in [-0.2, 0) is 0 Å². The quantitative estimate of drug-likeness (QED) is 0.657. The van der Waals surface area contributed by atoms with Crippen LogP contribution < -0.4 is 5.32 Å². The van der Waals surface area contributed by atoms with Gasteiger partial charge in [-0.3, -0.25) is 9.80 Å². The number of alkyl halides is 2. The predicted molar refractivity (Wildman–Crippen MR) is 130 cm³/mol.